The molecule has 0 aliphatic rings. The third-order valence-corrected chi connectivity index (χ3v) is 2.69. The first-order valence-electron chi connectivity index (χ1n) is 5.17. The third kappa shape index (κ3) is 2.09. The van der Waals surface area contributed by atoms with Crippen LogP contribution < -0.4 is 5.73 Å². The molecule has 0 amide bonds. The fourth-order valence-corrected chi connectivity index (χ4v) is 1.68. The van der Waals surface area contributed by atoms with E-state index in [0.29, 0.717) is 6.42 Å². The molecule has 5 nitrogen and oxygen atoms in total. The van der Waals surface area contributed by atoms with Gasteiger partial charge in [-0.3, -0.25) is 9.67 Å². The van der Waals surface area contributed by atoms with Crippen molar-refractivity contribution in [2.75, 3.05) is 0 Å². The summed E-state index contributed by atoms with van der Waals surface area (Å²) in [5, 5.41) is 4.02. The molecule has 0 saturated heterocycles. The van der Waals surface area contributed by atoms with Gasteiger partial charge in [-0.15, -0.1) is 0 Å². The average Bonchev–Trinajstić information content (AvgIpc) is 2.65. The number of pyridine rings is 1. The summed E-state index contributed by atoms with van der Waals surface area (Å²) in [4.78, 5) is 8.26. The monoisotopic (exact) mass is 217 g/mol. The summed E-state index contributed by atoms with van der Waals surface area (Å²) in [6.07, 6.45) is 5.80. The molecule has 2 N–H and O–H groups in total. The molecular formula is C11H15N5. The molecule has 0 aliphatic heterocycles. The van der Waals surface area contributed by atoms with Crippen LogP contribution in [0.25, 0.3) is 0 Å². The van der Waals surface area contributed by atoms with E-state index in [1.807, 2.05) is 26.2 Å². The Morgan fingerprint density at radius 3 is 2.94 bits per heavy atom. The van der Waals surface area contributed by atoms with E-state index in [4.69, 9.17) is 5.73 Å². The van der Waals surface area contributed by atoms with Crippen LogP contribution in [0.15, 0.2) is 24.8 Å². The lowest BCUT2D eigenvalue weighted by atomic mass is 10.0. The maximum atomic E-state index is 6.13. The maximum Gasteiger partial charge on any atom is 0.138 e. The van der Waals surface area contributed by atoms with Gasteiger partial charge in [0.1, 0.15) is 12.2 Å². The zero-order valence-electron chi connectivity index (χ0n) is 9.46. The van der Waals surface area contributed by atoms with Crippen LogP contribution >= 0.6 is 0 Å². The Balaban J connectivity index is 2.18. The molecule has 0 aliphatic carbocycles. The Kier molecular flexibility index (Phi) is 2.96. The number of rotatable bonds is 3. The van der Waals surface area contributed by atoms with Gasteiger partial charge in [-0.2, -0.15) is 5.10 Å². The number of nitrogens with zero attached hydrogens (tertiary/aromatic N) is 4. The Morgan fingerprint density at radius 1 is 1.50 bits per heavy atom. The molecule has 1 atom stereocenters. The van der Waals surface area contributed by atoms with Crippen molar-refractivity contribution in [3.8, 4) is 0 Å². The quantitative estimate of drug-likeness (QED) is 0.824. The highest BCUT2D eigenvalue weighted by molar-refractivity contribution is 5.25. The molecule has 16 heavy (non-hydrogen) atoms. The Bertz CT molecular complexity index is 477. The lowest BCUT2D eigenvalue weighted by Gasteiger charge is -2.13. The van der Waals surface area contributed by atoms with Crippen molar-refractivity contribution < 1.29 is 0 Å². The molecule has 1 unspecified atom stereocenters. The summed E-state index contributed by atoms with van der Waals surface area (Å²) >= 11 is 0. The molecule has 2 aromatic heterocycles. The summed E-state index contributed by atoms with van der Waals surface area (Å²) < 4.78 is 1.74. The Hall–Kier alpha value is -1.75. The summed E-state index contributed by atoms with van der Waals surface area (Å²) in [7, 11) is 1.87. The van der Waals surface area contributed by atoms with Gasteiger partial charge in [-0.25, -0.2) is 4.98 Å². The molecule has 0 aromatic carbocycles. The van der Waals surface area contributed by atoms with Crippen LogP contribution in [0.5, 0.6) is 0 Å². The summed E-state index contributed by atoms with van der Waals surface area (Å²) in [6, 6.07) is 1.88. The highest BCUT2D eigenvalue weighted by atomic mass is 15.3. The van der Waals surface area contributed by atoms with Gasteiger partial charge in [0.2, 0.25) is 0 Å². The lowest BCUT2D eigenvalue weighted by molar-refractivity contribution is 0.626. The molecule has 0 fully saturated rings. The van der Waals surface area contributed by atoms with E-state index >= 15 is 0 Å². The third-order valence-electron chi connectivity index (χ3n) is 2.69. The van der Waals surface area contributed by atoms with E-state index in [1.165, 1.54) is 6.33 Å². The first-order chi connectivity index (χ1) is 7.68. The van der Waals surface area contributed by atoms with Crippen molar-refractivity contribution >= 4 is 0 Å². The van der Waals surface area contributed by atoms with Crippen LogP contribution in [-0.2, 0) is 13.5 Å². The highest BCUT2D eigenvalue weighted by Gasteiger charge is 2.12. The van der Waals surface area contributed by atoms with Crippen LogP contribution in [0.4, 0.5) is 0 Å². The molecule has 2 heterocycles. The van der Waals surface area contributed by atoms with Gasteiger partial charge < -0.3 is 5.73 Å². The first kappa shape index (κ1) is 10.8. The van der Waals surface area contributed by atoms with Crippen LogP contribution in [-0.4, -0.2) is 19.7 Å². The number of nitrogens with two attached hydrogens (primary N) is 1. The van der Waals surface area contributed by atoms with E-state index in [2.05, 4.69) is 15.1 Å². The van der Waals surface area contributed by atoms with Crippen molar-refractivity contribution in [2.45, 2.75) is 19.4 Å². The van der Waals surface area contributed by atoms with E-state index in [0.717, 1.165) is 17.0 Å². The van der Waals surface area contributed by atoms with Gasteiger partial charge in [-0.1, -0.05) is 0 Å². The molecule has 2 rings (SSSR count). The second-order valence-corrected chi connectivity index (χ2v) is 3.84. The van der Waals surface area contributed by atoms with Gasteiger partial charge in [0.05, 0.1) is 0 Å². The maximum absolute atomic E-state index is 6.13. The van der Waals surface area contributed by atoms with Gasteiger partial charge in [0.15, 0.2) is 0 Å². The van der Waals surface area contributed by atoms with Crippen molar-refractivity contribution in [1.82, 2.24) is 19.7 Å². The van der Waals surface area contributed by atoms with Crippen LogP contribution in [0.1, 0.15) is 23.0 Å². The second kappa shape index (κ2) is 4.40. The largest absolute Gasteiger partial charge is 0.324 e. The van der Waals surface area contributed by atoms with E-state index < -0.39 is 0 Å². The van der Waals surface area contributed by atoms with Crippen molar-refractivity contribution in [2.24, 2.45) is 12.8 Å². The lowest BCUT2D eigenvalue weighted by Crippen LogP contribution is -2.17. The molecule has 5 heteroatoms. The zero-order valence-corrected chi connectivity index (χ0v) is 9.46. The topological polar surface area (TPSA) is 69.6 Å². The van der Waals surface area contributed by atoms with Crippen LogP contribution in [0, 0.1) is 6.92 Å². The minimum Gasteiger partial charge on any atom is -0.324 e. The van der Waals surface area contributed by atoms with E-state index in [1.54, 1.807) is 10.9 Å². The van der Waals surface area contributed by atoms with E-state index in [-0.39, 0.29) is 6.04 Å². The first-order valence-corrected chi connectivity index (χ1v) is 5.17. The smallest absolute Gasteiger partial charge is 0.138 e. The van der Waals surface area contributed by atoms with Crippen molar-refractivity contribution in [3.63, 3.8) is 0 Å². The molecule has 0 saturated carbocycles. The van der Waals surface area contributed by atoms with Gasteiger partial charge in [0.25, 0.3) is 0 Å². The summed E-state index contributed by atoms with van der Waals surface area (Å²) in [5.74, 6) is 0.885. The minimum atomic E-state index is -0.0865. The number of hydrogen-bond acceptors (Lipinski definition) is 4. The predicted octanol–water partition coefficient (Wildman–Crippen LogP) is 0.761. The normalized spacial score (nSPS) is 12.7. The molecule has 2 aromatic rings. The number of aromatic nitrogens is 4. The second-order valence-electron chi connectivity index (χ2n) is 3.84. The fraction of sp³-hybridized carbons (Fsp3) is 0.364. The predicted molar refractivity (Wildman–Crippen MR) is 60.6 cm³/mol. The molecule has 0 spiro atoms. The summed E-state index contributed by atoms with van der Waals surface area (Å²) in [5.41, 5.74) is 8.35. The zero-order chi connectivity index (χ0) is 11.5. The highest BCUT2D eigenvalue weighted by Crippen LogP contribution is 2.16. The minimum absolute atomic E-state index is 0.0865. The Labute approximate surface area is 94.3 Å². The van der Waals surface area contributed by atoms with E-state index in [9.17, 15) is 0 Å². The molecule has 0 bridgehead atoms. The van der Waals surface area contributed by atoms with Gasteiger partial charge in [-0.05, 0) is 24.1 Å². The Morgan fingerprint density at radius 2 is 2.31 bits per heavy atom. The van der Waals surface area contributed by atoms with Crippen LogP contribution in [0.3, 0.4) is 0 Å². The molecule has 84 valence electrons. The van der Waals surface area contributed by atoms with Gasteiger partial charge in [0, 0.05) is 31.9 Å². The summed E-state index contributed by atoms with van der Waals surface area (Å²) in [6.45, 7) is 2.04. The number of aryl methyl sites for hydroxylation is 2. The number of hydrogen-bond donors (Lipinski definition) is 1. The standard InChI is InChI=1S/C11H15N5/c1-8-3-4-13-6-9(8)10(12)5-11-14-7-15-16(11)2/h3-4,6-7,10H,5,12H2,1-2H3. The van der Waals surface area contributed by atoms with Gasteiger partial charge >= 0.3 is 0 Å². The SMILES string of the molecule is Cc1ccncc1C(N)Cc1ncnn1C. The molecule has 0 radical (unpaired) electrons. The van der Waals surface area contributed by atoms with Crippen molar-refractivity contribution in [3.05, 3.63) is 41.7 Å². The van der Waals surface area contributed by atoms with Crippen molar-refractivity contribution in [1.29, 1.82) is 0 Å². The molecular weight excluding hydrogens is 202 g/mol. The average molecular weight is 217 g/mol. The van der Waals surface area contributed by atoms with Crippen LogP contribution in [0.2, 0.25) is 0 Å². The fourth-order valence-electron chi connectivity index (χ4n) is 1.68.